The Morgan fingerprint density at radius 3 is 2.57 bits per heavy atom. The molecule has 9 heteroatoms. The number of benzene rings is 2. The van der Waals surface area contributed by atoms with Crippen molar-refractivity contribution in [1.29, 1.82) is 0 Å². The molecule has 2 amide bonds. The summed E-state index contributed by atoms with van der Waals surface area (Å²) in [5.74, 6) is 0.392. The summed E-state index contributed by atoms with van der Waals surface area (Å²) in [4.78, 5) is 36.8. The van der Waals surface area contributed by atoms with Gasteiger partial charge in [0.2, 0.25) is 11.8 Å². The van der Waals surface area contributed by atoms with Gasteiger partial charge in [-0.1, -0.05) is 23.7 Å². The molecule has 2 heterocycles. The number of ether oxygens (including phenoxy) is 2. The minimum Gasteiger partial charge on any atom is -0.495 e. The Bertz CT molecular complexity index is 1340. The standard InChI is InChI=1S/C26H25ClN4O4/c1-15-7-8-17(10-16(15)2)20-12-25(33)31(26-19(29-20)6-5-9-28-26)14-24(32)30-21-11-18(27)22(34-3)13-23(21)35-4/h5-11,13H,12,14H2,1-4H3,(H,30,32). The average molecular weight is 493 g/mol. The fourth-order valence-corrected chi connectivity index (χ4v) is 4.01. The number of halogens is 1. The van der Waals surface area contributed by atoms with Crippen molar-refractivity contribution in [2.45, 2.75) is 20.3 Å². The monoisotopic (exact) mass is 492 g/mol. The van der Waals surface area contributed by atoms with E-state index >= 15 is 0 Å². The lowest BCUT2D eigenvalue weighted by atomic mass is 10.0. The lowest BCUT2D eigenvalue weighted by Gasteiger charge is -2.21. The highest BCUT2D eigenvalue weighted by molar-refractivity contribution is 6.32. The van der Waals surface area contributed by atoms with Gasteiger partial charge in [-0.2, -0.15) is 0 Å². The Morgan fingerprint density at radius 2 is 1.86 bits per heavy atom. The van der Waals surface area contributed by atoms with Gasteiger partial charge in [-0.25, -0.2) is 9.98 Å². The third kappa shape index (κ3) is 5.12. The predicted molar refractivity (Wildman–Crippen MR) is 137 cm³/mol. The molecule has 0 radical (unpaired) electrons. The van der Waals surface area contributed by atoms with E-state index in [9.17, 15) is 9.59 Å². The number of carbonyl (C=O) groups excluding carboxylic acids is 2. The summed E-state index contributed by atoms with van der Waals surface area (Å²) < 4.78 is 10.5. The Hall–Kier alpha value is -3.91. The molecule has 180 valence electrons. The molecule has 0 saturated heterocycles. The van der Waals surface area contributed by atoms with E-state index in [1.807, 2.05) is 32.0 Å². The van der Waals surface area contributed by atoms with Gasteiger partial charge < -0.3 is 14.8 Å². The summed E-state index contributed by atoms with van der Waals surface area (Å²) in [6.07, 6.45) is 1.60. The quantitative estimate of drug-likeness (QED) is 0.530. The minimum absolute atomic E-state index is 0.0316. The number of aryl methyl sites for hydroxylation is 2. The number of aromatic nitrogens is 1. The molecule has 0 unspecified atom stereocenters. The van der Waals surface area contributed by atoms with E-state index in [4.69, 9.17) is 26.1 Å². The molecular weight excluding hydrogens is 468 g/mol. The Labute approximate surface area is 208 Å². The van der Waals surface area contributed by atoms with Crippen LogP contribution in [0.5, 0.6) is 11.5 Å². The van der Waals surface area contributed by atoms with E-state index in [1.165, 1.54) is 25.2 Å². The van der Waals surface area contributed by atoms with Gasteiger partial charge in [-0.15, -0.1) is 0 Å². The molecule has 0 spiro atoms. The molecule has 1 aliphatic rings. The first kappa shape index (κ1) is 24.2. The van der Waals surface area contributed by atoms with Gasteiger partial charge in [-0.3, -0.25) is 14.5 Å². The summed E-state index contributed by atoms with van der Waals surface area (Å²) >= 11 is 6.22. The molecule has 1 aliphatic heterocycles. The van der Waals surface area contributed by atoms with Crippen LogP contribution in [0.2, 0.25) is 5.02 Å². The smallest absolute Gasteiger partial charge is 0.244 e. The maximum absolute atomic E-state index is 13.3. The number of rotatable bonds is 6. The van der Waals surface area contributed by atoms with Crippen LogP contribution in [0.25, 0.3) is 0 Å². The zero-order valence-corrected chi connectivity index (χ0v) is 20.6. The van der Waals surface area contributed by atoms with Crippen molar-refractivity contribution < 1.29 is 19.1 Å². The third-order valence-corrected chi connectivity index (χ3v) is 6.08. The van der Waals surface area contributed by atoms with Crippen LogP contribution in [0.15, 0.2) is 53.7 Å². The SMILES string of the molecule is COc1cc(OC)c(NC(=O)CN2C(=O)CC(c3ccc(C)c(C)c3)=Nc3cccnc32)cc1Cl. The van der Waals surface area contributed by atoms with Crippen LogP contribution in [0.3, 0.4) is 0 Å². The van der Waals surface area contributed by atoms with Crippen LogP contribution >= 0.6 is 11.6 Å². The molecule has 0 fully saturated rings. The molecular formula is C26H25ClN4O4. The average Bonchev–Trinajstić information content (AvgIpc) is 2.97. The van der Waals surface area contributed by atoms with E-state index < -0.39 is 5.91 Å². The molecule has 1 N–H and O–H groups in total. The second-order valence-electron chi connectivity index (χ2n) is 8.10. The Balaban J connectivity index is 1.61. The van der Waals surface area contributed by atoms with Crippen LogP contribution < -0.4 is 19.7 Å². The van der Waals surface area contributed by atoms with E-state index in [-0.39, 0.29) is 18.9 Å². The lowest BCUT2D eigenvalue weighted by Crippen LogP contribution is -2.39. The highest BCUT2D eigenvalue weighted by Gasteiger charge is 2.28. The summed E-state index contributed by atoms with van der Waals surface area (Å²) in [6, 6.07) is 12.6. The van der Waals surface area contributed by atoms with E-state index in [1.54, 1.807) is 24.4 Å². The second-order valence-corrected chi connectivity index (χ2v) is 8.50. The largest absolute Gasteiger partial charge is 0.495 e. The molecule has 3 aromatic rings. The van der Waals surface area contributed by atoms with Gasteiger partial charge in [0.1, 0.15) is 23.7 Å². The van der Waals surface area contributed by atoms with Gasteiger partial charge in [0, 0.05) is 12.3 Å². The summed E-state index contributed by atoms with van der Waals surface area (Å²) in [6.45, 7) is 3.79. The predicted octanol–water partition coefficient (Wildman–Crippen LogP) is 4.87. The molecule has 4 rings (SSSR count). The highest BCUT2D eigenvalue weighted by Crippen LogP contribution is 2.36. The van der Waals surface area contributed by atoms with Crippen LogP contribution in [0, 0.1) is 13.8 Å². The number of hydrogen-bond donors (Lipinski definition) is 1. The maximum atomic E-state index is 13.3. The van der Waals surface area contributed by atoms with Crippen molar-refractivity contribution in [3.63, 3.8) is 0 Å². The fourth-order valence-electron chi connectivity index (χ4n) is 3.77. The van der Waals surface area contributed by atoms with Crippen molar-refractivity contribution in [2.24, 2.45) is 4.99 Å². The molecule has 0 saturated carbocycles. The zero-order chi connectivity index (χ0) is 25.1. The highest BCUT2D eigenvalue weighted by atomic mass is 35.5. The molecule has 1 aromatic heterocycles. The van der Waals surface area contributed by atoms with Crippen molar-refractivity contribution in [3.05, 3.63) is 70.4 Å². The molecule has 2 aromatic carbocycles. The van der Waals surface area contributed by atoms with Crippen molar-refractivity contribution in [2.75, 3.05) is 31.0 Å². The maximum Gasteiger partial charge on any atom is 0.244 e. The molecule has 35 heavy (non-hydrogen) atoms. The van der Waals surface area contributed by atoms with Gasteiger partial charge in [0.25, 0.3) is 0 Å². The van der Waals surface area contributed by atoms with E-state index in [0.717, 1.165) is 16.7 Å². The summed E-state index contributed by atoms with van der Waals surface area (Å²) in [7, 11) is 2.96. The zero-order valence-electron chi connectivity index (χ0n) is 19.9. The van der Waals surface area contributed by atoms with Crippen LogP contribution in [0.1, 0.15) is 23.1 Å². The van der Waals surface area contributed by atoms with Gasteiger partial charge in [0.15, 0.2) is 5.82 Å². The molecule has 8 nitrogen and oxygen atoms in total. The Morgan fingerprint density at radius 1 is 1.09 bits per heavy atom. The number of nitrogens with zero attached hydrogens (tertiary/aromatic N) is 3. The van der Waals surface area contributed by atoms with Gasteiger partial charge in [0.05, 0.1) is 37.1 Å². The number of nitrogens with one attached hydrogen (secondary N) is 1. The second kappa shape index (κ2) is 10.1. The number of pyridine rings is 1. The molecule has 0 bridgehead atoms. The van der Waals surface area contributed by atoms with Crippen LogP contribution in [0.4, 0.5) is 17.2 Å². The molecule has 0 aliphatic carbocycles. The number of carbonyl (C=O) groups is 2. The number of fused-ring (bicyclic) bond motifs is 1. The molecule has 0 atom stereocenters. The minimum atomic E-state index is -0.441. The van der Waals surface area contributed by atoms with E-state index in [0.29, 0.717) is 39.4 Å². The first-order valence-corrected chi connectivity index (χ1v) is 11.3. The van der Waals surface area contributed by atoms with E-state index in [2.05, 4.69) is 10.3 Å². The Kier molecular flexibility index (Phi) is 7.02. The van der Waals surface area contributed by atoms with Gasteiger partial charge in [-0.05, 0) is 54.8 Å². The van der Waals surface area contributed by atoms with Gasteiger partial charge >= 0.3 is 0 Å². The van der Waals surface area contributed by atoms with Crippen molar-refractivity contribution >= 4 is 46.3 Å². The first-order chi connectivity index (χ1) is 16.8. The first-order valence-electron chi connectivity index (χ1n) is 10.9. The number of hydrogen-bond acceptors (Lipinski definition) is 6. The van der Waals surface area contributed by atoms with Crippen LogP contribution in [-0.2, 0) is 9.59 Å². The summed E-state index contributed by atoms with van der Waals surface area (Å²) in [5, 5.41) is 3.08. The lowest BCUT2D eigenvalue weighted by molar-refractivity contribution is -0.120. The fraction of sp³-hybridized carbons (Fsp3) is 0.231. The number of amides is 2. The normalized spacial score (nSPS) is 13.0. The third-order valence-electron chi connectivity index (χ3n) is 5.79. The number of anilines is 2. The topological polar surface area (TPSA) is 93.1 Å². The summed E-state index contributed by atoms with van der Waals surface area (Å²) in [5.41, 5.74) is 4.63. The number of aliphatic imine (C=N–C) groups is 1. The van der Waals surface area contributed by atoms with Crippen LogP contribution in [-0.4, -0.2) is 43.3 Å². The number of methoxy groups -OCH3 is 2. The van der Waals surface area contributed by atoms with Crippen molar-refractivity contribution in [1.82, 2.24) is 4.98 Å². The van der Waals surface area contributed by atoms with Crippen molar-refractivity contribution in [3.8, 4) is 11.5 Å².